The first kappa shape index (κ1) is 15.7. The molecule has 9 heteroatoms. The Labute approximate surface area is 108 Å². The maximum Gasteiger partial charge on any atom is 0.345 e. The van der Waals surface area contributed by atoms with E-state index < -0.39 is 31.1 Å². The first-order chi connectivity index (χ1) is 8.99. The molecule has 0 spiro atoms. The van der Waals surface area contributed by atoms with Gasteiger partial charge in [0.1, 0.15) is 0 Å². The van der Waals surface area contributed by atoms with Crippen LogP contribution in [0.5, 0.6) is 0 Å². The minimum Gasteiger partial charge on any atom is -0.480 e. The van der Waals surface area contributed by atoms with Gasteiger partial charge in [-0.25, -0.2) is 4.79 Å². The molecule has 7 nitrogen and oxygen atoms in total. The van der Waals surface area contributed by atoms with Crippen molar-refractivity contribution in [3.63, 3.8) is 0 Å². The smallest absolute Gasteiger partial charge is 0.345 e. The summed E-state index contributed by atoms with van der Waals surface area (Å²) in [6.45, 7) is -1.70. The molecular formula is C10H16F2N2O5. The molecule has 0 aromatic heterocycles. The molecule has 1 heterocycles. The summed E-state index contributed by atoms with van der Waals surface area (Å²) in [4.78, 5) is 24.1. The fraction of sp³-hybridized carbons (Fsp3) is 0.800. The van der Waals surface area contributed by atoms with Crippen LogP contribution in [0.2, 0.25) is 0 Å². The normalized spacial score (nSPS) is 18.3. The van der Waals surface area contributed by atoms with Crippen LogP contribution in [0.25, 0.3) is 0 Å². The van der Waals surface area contributed by atoms with Gasteiger partial charge in [0.15, 0.2) is 6.04 Å². The van der Waals surface area contributed by atoms with Crippen molar-refractivity contribution in [3.05, 3.63) is 0 Å². The Bertz CT molecular complexity index is 310. The van der Waals surface area contributed by atoms with Gasteiger partial charge in [-0.2, -0.15) is 8.78 Å². The molecule has 110 valence electrons. The van der Waals surface area contributed by atoms with Gasteiger partial charge in [-0.05, 0) is 0 Å². The van der Waals surface area contributed by atoms with Crippen LogP contribution in [0.4, 0.5) is 8.78 Å². The second-order valence-electron chi connectivity index (χ2n) is 3.94. The van der Waals surface area contributed by atoms with Gasteiger partial charge in [0.2, 0.25) is 5.91 Å². The molecular weight excluding hydrogens is 266 g/mol. The highest BCUT2D eigenvalue weighted by Crippen LogP contribution is 1.99. The summed E-state index contributed by atoms with van der Waals surface area (Å²) < 4.78 is 32.6. The van der Waals surface area contributed by atoms with Crippen molar-refractivity contribution < 1.29 is 33.0 Å². The van der Waals surface area contributed by atoms with E-state index in [9.17, 15) is 18.4 Å². The molecule has 1 atom stereocenters. The lowest BCUT2D eigenvalue weighted by Crippen LogP contribution is -2.49. The molecule has 1 aliphatic rings. The van der Waals surface area contributed by atoms with Crippen LogP contribution in [0, 0.1) is 0 Å². The largest absolute Gasteiger partial charge is 0.480 e. The van der Waals surface area contributed by atoms with Crippen molar-refractivity contribution in [1.29, 1.82) is 0 Å². The van der Waals surface area contributed by atoms with Crippen molar-refractivity contribution in [3.8, 4) is 0 Å². The van der Waals surface area contributed by atoms with Crippen LogP contribution in [0.3, 0.4) is 0 Å². The van der Waals surface area contributed by atoms with E-state index in [-0.39, 0.29) is 6.54 Å². The third kappa shape index (κ3) is 6.41. The quantitative estimate of drug-likeness (QED) is 0.631. The number of carboxylic acids is 1. The number of carbonyl (C=O) groups excluding carboxylic acids is 1. The highest BCUT2D eigenvalue weighted by Gasteiger charge is 2.23. The molecule has 1 fully saturated rings. The third-order valence-electron chi connectivity index (χ3n) is 2.49. The van der Waals surface area contributed by atoms with Crippen LogP contribution in [-0.4, -0.2) is 74.0 Å². The van der Waals surface area contributed by atoms with E-state index in [1.165, 1.54) is 0 Å². The summed E-state index contributed by atoms with van der Waals surface area (Å²) in [5.41, 5.74) is 0. The number of carboxylic acid groups (broad SMARTS) is 1. The van der Waals surface area contributed by atoms with Crippen LogP contribution in [-0.2, 0) is 19.1 Å². The summed E-state index contributed by atoms with van der Waals surface area (Å²) in [6, 6.07) is -1.48. The number of hydrogen-bond acceptors (Lipinski definition) is 5. The molecule has 0 radical (unpaired) electrons. The number of ether oxygens (including phenoxy) is 2. The third-order valence-corrected chi connectivity index (χ3v) is 2.49. The monoisotopic (exact) mass is 282 g/mol. The van der Waals surface area contributed by atoms with E-state index in [4.69, 9.17) is 9.84 Å². The minimum atomic E-state index is -3.07. The zero-order valence-electron chi connectivity index (χ0n) is 10.2. The van der Waals surface area contributed by atoms with E-state index in [1.807, 2.05) is 0 Å². The number of halogens is 2. The van der Waals surface area contributed by atoms with Gasteiger partial charge in [0.05, 0.1) is 26.4 Å². The number of nitrogens with zero attached hydrogens (tertiary/aromatic N) is 1. The fourth-order valence-corrected chi connectivity index (χ4v) is 1.55. The molecule has 0 aromatic carbocycles. The molecule has 19 heavy (non-hydrogen) atoms. The van der Waals surface area contributed by atoms with Gasteiger partial charge in [0.25, 0.3) is 0 Å². The van der Waals surface area contributed by atoms with E-state index in [1.54, 1.807) is 4.90 Å². The van der Waals surface area contributed by atoms with E-state index in [2.05, 4.69) is 10.1 Å². The Kier molecular flexibility index (Phi) is 6.60. The van der Waals surface area contributed by atoms with Crippen LogP contribution < -0.4 is 5.32 Å². The maximum atomic E-state index is 11.8. The Morgan fingerprint density at radius 1 is 1.37 bits per heavy atom. The fourth-order valence-electron chi connectivity index (χ4n) is 1.55. The zero-order valence-corrected chi connectivity index (χ0v) is 10.2. The van der Waals surface area contributed by atoms with E-state index in [0.29, 0.717) is 26.3 Å². The highest BCUT2D eigenvalue weighted by molar-refractivity contribution is 5.84. The van der Waals surface area contributed by atoms with Gasteiger partial charge < -0.3 is 19.9 Å². The summed E-state index contributed by atoms with van der Waals surface area (Å²) in [6.07, 6.45) is 0. The molecule has 0 aromatic rings. The molecule has 0 saturated carbocycles. The summed E-state index contributed by atoms with van der Waals surface area (Å²) in [5, 5.41) is 10.9. The zero-order chi connectivity index (χ0) is 14.3. The molecule has 0 unspecified atom stereocenters. The molecule has 0 bridgehead atoms. The van der Waals surface area contributed by atoms with Crippen molar-refractivity contribution in [2.24, 2.45) is 0 Å². The first-order valence-electron chi connectivity index (χ1n) is 5.71. The van der Waals surface area contributed by atoms with E-state index >= 15 is 0 Å². The molecule has 1 amide bonds. The summed E-state index contributed by atoms with van der Waals surface area (Å²) in [5.74, 6) is -1.97. The SMILES string of the molecule is O=C(CN1CCOCC1)N[C@@H](COC(F)F)C(=O)O. The lowest BCUT2D eigenvalue weighted by molar-refractivity contribution is -0.156. The van der Waals surface area contributed by atoms with Gasteiger partial charge in [-0.15, -0.1) is 0 Å². The van der Waals surface area contributed by atoms with Gasteiger partial charge in [-0.3, -0.25) is 9.69 Å². The topological polar surface area (TPSA) is 88.1 Å². The highest BCUT2D eigenvalue weighted by atomic mass is 19.3. The van der Waals surface area contributed by atoms with Crippen LogP contribution >= 0.6 is 0 Å². The Balaban J connectivity index is 2.35. The lowest BCUT2D eigenvalue weighted by Gasteiger charge is -2.26. The predicted molar refractivity (Wildman–Crippen MR) is 58.8 cm³/mol. The number of alkyl halides is 2. The van der Waals surface area contributed by atoms with Crippen molar-refractivity contribution >= 4 is 11.9 Å². The Hall–Kier alpha value is -1.32. The first-order valence-corrected chi connectivity index (χ1v) is 5.71. The minimum absolute atomic E-state index is 0.00180. The Morgan fingerprint density at radius 2 is 2.00 bits per heavy atom. The number of carbonyl (C=O) groups is 2. The number of morpholine rings is 1. The van der Waals surface area contributed by atoms with Crippen molar-refractivity contribution in [1.82, 2.24) is 10.2 Å². The van der Waals surface area contributed by atoms with Gasteiger partial charge in [0, 0.05) is 13.1 Å². The van der Waals surface area contributed by atoms with Crippen molar-refractivity contribution in [2.45, 2.75) is 12.7 Å². The molecule has 1 aliphatic heterocycles. The number of aliphatic carboxylic acids is 1. The van der Waals surface area contributed by atoms with E-state index in [0.717, 1.165) is 0 Å². The number of amides is 1. The standard InChI is InChI=1S/C10H16F2N2O5/c11-10(12)19-6-7(9(16)17)13-8(15)5-14-1-3-18-4-2-14/h7,10H,1-6H2,(H,13,15)(H,16,17)/t7-/m0/s1. The average molecular weight is 282 g/mol. The maximum absolute atomic E-state index is 11.8. The summed E-state index contributed by atoms with van der Waals surface area (Å²) in [7, 11) is 0. The summed E-state index contributed by atoms with van der Waals surface area (Å²) >= 11 is 0. The number of hydrogen-bond donors (Lipinski definition) is 2. The Morgan fingerprint density at radius 3 is 2.53 bits per heavy atom. The van der Waals surface area contributed by atoms with Gasteiger partial charge >= 0.3 is 12.6 Å². The lowest BCUT2D eigenvalue weighted by atomic mass is 10.3. The van der Waals surface area contributed by atoms with Gasteiger partial charge in [-0.1, -0.05) is 0 Å². The number of rotatable bonds is 7. The van der Waals surface area contributed by atoms with Crippen LogP contribution in [0.1, 0.15) is 0 Å². The number of nitrogens with one attached hydrogen (secondary N) is 1. The van der Waals surface area contributed by atoms with Crippen LogP contribution in [0.15, 0.2) is 0 Å². The predicted octanol–water partition coefficient (Wildman–Crippen LogP) is -0.873. The average Bonchev–Trinajstić information content (AvgIpc) is 2.35. The van der Waals surface area contributed by atoms with Crippen molar-refractivity contribution in [2.75, 3.05) is 39.5 Å². The second kappa shape index (κ2) is 7.97. The molecule has 1 saturated heterocycles. The molecule has 2 N–H and O–H groups in total. The molecule has 0 aliphatic carbocycles. The molecule has 1 rings (SSSR count). The second-order valence-corrected chi connectivity index (χ2v) is 3.94.